The van der Waals surface area contributed by atoms with E-state index in [1.807, 2.05) is 0 Å². The summed E-state index contributed by atoms with van der Waals surface area (Å²) < 4.78 is 44.9. The molecule has 0 unspecified atom stereocenters. The Hall–Kier alpha value is -0.814. The number of allylic oxidation sites excluding steroid dienone is 4. The van der Waals surface area contributed by atoms with Gasteiger partial charge in [-0.15, -0.1) is 0 Å². The second-order valence-corrected chi connectivity index (χ2v) is 10.0. The predicted molar refractivity (Wildman–Crippen MR) is 140 cm³/mol. The number of hydrogen-bond acceptors (Lipinski definition) is 7. The SMILES string of the molecule is CCC/C=C/CCCCCOC(=O)c1ccc(S(=O)(=O)[O-])cc1C(=O)OCCCCC/C=C/CCC.[K+]. The normalized spacial score (nSPS) is 11.5. The largest absolute Gasteiger partial charge is 1.00 e. The van der Waals surface area contributed by atoms with Crippen molar-refractivity contribution in [2.45, 2.75) is 95.8 Å². The maximum absolute atomic E-state index is 12.6. The third-order valence-electron chi connectivity index (χ3n) is 5.46. The van der Waals surface area contributed by atoms with Crippen molar-refractivity contribution in [2.24, 2.45) is 0 Å². The summed E-state index contributed by atoms with van der Waals surface area (Å²) >= 11 is 0. The van der Waals surface area contributed by atoms with Crippen molar-refractivity contribution in [3.05, 3.63) is 53.6 Å². The Balaban J connectivity index is 0.0000130. The Bertz CT molecular complexity index is 955. The number of carbonyl (C=O) groups is 2. The molecule has 0 saturated heterocycles. The minimum atomic E-state index is -4.80. The molecule has 0 aliphatic carbocycles. The van der Waals surface area contributed by atoms with E-state index in [4.69, 9.17) is 9.47 Å². The van der Waals surface area contributed by atoms with Gasteiger partial charge in [-0.2, -0.15) is 0 Å². The van der Waals surface area contributed by atoms with E-state index >= 15 is 0 Å². The number of carbonyl (C=O) groups excluding carboxylic acids is 2. The van der Waals surface area contributed by atoms with Crippen LogP contribution in [0.1, 0.15) is 112 Å². The van der Waals surface area contributed by atoms with E-state index in [0.717, 1.165) is 82.4 Å². The molecule has 202 valence electrons. The Kier molecular flexibility index (Phi) is 21.6. The molecule has 7 nitrogen and oxygen atoms in total. The fourth-order valence-electron chi connectivity index (χ4n) is 3.40. The van der Waals surface area contributed by atoms with Gasteiger partial charge in [0.2, 0.25) is 0 Å². The predicted octanol–water partition coefficient (Wildman–Crippen LogP) is 3.74. The van der Waals surface area contributed by atoms with Crippen LogP contribution in [-0.4, -0.2) is 38.1 Å². The monoisotopic (exact) mass is 560 g/mol. The summed E-state index contributed by atoms with van der Waals surface area (Å²) in [6.45, 7) is 4.57. The second kappa shape index (κ2) is 22.0. The number of benzene rings is 1. The average Bonchev–Trinajstić information content (AvgIpc) is 2.85. The van der Waals surface area contributed by atoms with Gasteiger partial charge in [-0.25, -0.2) is 18.0 Å². The topological polar surface area (TPSA) is 110 Å². The molecule has 1 aromatic carbocycles. The first-order valence-corrected chi connectivity index (χ1v) is 14.5. The van der Waals surface area contributed by atoms with Crippen LogP contribution in [0.4, 0.5) is 0 Å². The first kappa shape index (κ1) is 36.2. The number of esters is 2. The van der Waals surface area contributed by atoms with Gasteiger partial charge >= 0.3 is 63.3 Å². The molecule has 37 heavy (non-hydrogen) atoms. The number of ether oxygens (including phenoxy) is 2. The standard InChI is InChI=1S/C28H42O7S.K/c1-3-5-7-9-11-13-15-17-21-34-27(29)25-20-19-24(36(31,32)33)23-26(25)28(30)35-22-18-16-14-12-10-8-6-4-2;/h7-10,19-20,23H,3-6,11-18,21-22H2,1-2H3,(H,31,32,33);/q;+1/p-1/b9-7+,10-8+;. The number of rotatable bonds is 19. The summed E-state index contributed by atoms with van der Waals surface area (Å²) in [6.07, 6.45) is 20.0. The second-order valence-electron chi connectivity index (χ2n) is 8.65. The van der Waals surface area contributed by atoms with Gasteiger partial charge in [-0.3, -0.25) is 0 Å². The Morgan fingerprint density at radius 3 is 1.65 bits per heavy atom. The van der Waals surface area contributed by atoms with E-state index in [-0.39, 0.29) is 75.7 Å². The van der Waals surface area contributed by atoms with Crippen LogP contribution in [0.3, 0.4) is 0 Å². The molecule has 0 heterocycles. The smallest absolute Gasteiger partial charge is 0.744 e. The molecule has 0 aliphatic heterocycles. The van der Waals surface area contributed by atoms with Crippen LogP contribution in [0, 0.1) is 0 Å². The minimum Gasteiger partial charge on any atom is -0.744 e. The summed E-state index contributed by atoms with van der Waals surface area (Å²) in [6, 6.07) is 3.03. The molecule has 0 N–H and O–H groups in total. The van der Waals surface area contributed by atoms with E-state index in [1.54, 1.807) is 0 Å². The molecule has 0 bridgehead atoms. The van der Waals surface area contributed by atoms with Crippen molar-refractivity contribution in [2.75, 3.05) is 13.2 Å². The molecular formula is C28H41KO7S. The van der Waals surface area contributed by atoms with Crippen LogP contribution >= 0.6 is 0 Å². The van der Waals surface area contributed by atoms with Gasteiger partial charge in [-0.05, 0) is 82.4 Å². The Morgan fingerprint density at radius 1 is 0.730 bits per heavy atom. The summed E-state index contributed by atoms with van der Waals surface area (Å²) in [5.41, 5.74) is -0.392. The van der Waals surface area contributed by atoms with Gasteiger partial charge in [-0.1, -0.05) is 51.0 Å². The average molecular weight is 561 g/mol. The Morgan fingerprint density at radius 2 is 1.19 bits per heavy atom. The molecule has 0 aromatic heterocycles. The van der Waals surface area contributed by atoms with Gasteiger partial charge in [0.05, 0.1) is 29.2 Å². The van der Waals surface area contributed by atoms with Crippen molar-refractivity contribution in [1.82, 2.24) is 0 Å². The van der Waals surface area contributed by atoms with E-state index in [1.165, 1.54) is 0 Å². The minimum absolute atomic E-state index is 0. The molecule has 0 aliphatic rings. The molecule has 0 amide bonds. The summed E-state index contributed by atoms with van der Waals surface area (Å²) in [7, 11) is -4.80. The summed E-state index contributed by atoms with van der Waals surface area (Å²) in [5, 5.41) is 0. The Labute approximate surface area is 265 Å². The molecule has 1 aromatic rings. The quantitative estimate of drug-likeness (QED) is 0.0833. The molecular weight excluding hydrogens is 519 g/mol. The fraction of sp³-hybridized carbons (Fsp3) is 0.571. The third-order valence-corrected chi connectivity index (χ3v) is 6.29. The van der Waals surface area contributed by atoms with Gasteiger partial charge in [0.15, 0.2) is 0 Å². The van der Waals surface area contributed by atoms with Gasteiger partial charge < -0.3 is 14.0 Å². The van der Waals surface area contributed by atoms with Crippen molar-refractivity contribution >= 4 is 22.1 Å². The first-order valence-electron chi connectivity index (χ1n) is 13.0. The zero-order valence-corrected chi connectivity index (χ0v) is 26.6. The van der Waals surface area contributed by atoms with Gasteiger partial charge in [0.1, 0.15) is 10.1 Å². The van der Waals surface area contributed by atoms with Crippen LogP contribution in [0.5, 0.6) is 0 Å². The van der Waals surface area contributed by atoms with Crippen molar-refractivity contribution < 1.29 is 83.4 Å². The summed E-state index contributed by atoms with van der Waals surface area (Å²) in [5.74, 6) is -1.60. The zero-order valence-electron chi connectivity index (χ0n) is 22.7. The number of hydrogen-bond donors (Lipinski definition) is 0. The molecule has 0 fully saturated rings. The van der Waals surface area contributed by atoms with Crippen molar-refractivity contribution in [3.8, 4) is 0 Å². The maximum atomic E-state index is 12.6. The van der Waals surface area contributed by atoms with Crippen LogP contribution in [0.2, 0.25) is 0 Å². The van der Waals surface area contributed by atoms with Gasteiger partial charge in [0.25, 0.3) is 0 Å². The van der Waals surface area contributed by atoms with E-state index < -0.39 is 27.0 Å². The third kappa shape index (κ3) is 16.7. The molecule has 0 saturated carbocycles. The molecule has 1 rings (SSSR count). The zero-order chi connectivity index (χ0) is 26.7. The van der Waals surface area contributed by atoms with Crippen LogP contribution in [0.25, 0.3) is 0 Å². The van der Waals surface area contributed by atoms with E-state index in [9.17, 15) is 22.6 Å². The summed E-state index contributed by atoms with van der Waals surface area (Å²) in [4.78, 5) is 24.6. The maximum Gasteiger partial charge on any atom is 1.00 e. The molecule has 0 radical (unpaired) electrons. The van der Waals surface area contributed by atoms with E-state index in [0.29, 0.717) is 12.8 Å². The fourth-order valence-corrected chi connectivity index (χ4v) is 3.89. The number of unbranched alkanes of at least 4 members (excludes halogenated alkanes) is 8. The first-order chi connectivity index (χ1) is 17.3. The molecule has 9 heteroatoms. The van der Waals surface area contributed by atoms with Gasteiger partial charge in [0, 0.05) is 0 Å². The van der Waals surface area contributed by atoms with Crippen LogP contribution < -0.4 is 51.4 Å². The van der Waals surface area contributed by atoms with Crippen LogP contribution in [0.15, 0.2) is 47.4 Å². The van der Waals surface area contributed by atoms with Crippen molar-refractivity contribution in [3.63, 3.8) is 0 Å². The molecule has 0 spiro atoms. The van der Waals surface area contributed by atoms with E-state index in [2.05, 4.69) is 38.2 Å². The van der Waals surface area contributed by atoms with Crippen LogP contribution in [-0.2, 0) is 19.6 Å². The molecule has 0 atom stereocenters. The van der Waals surface area contributed by atoms with Crippen molar-refractivity contribution in [1.29, 1.82) is 0 Å².